The molecular weight excluding hydrogens is 268 g/mol. The lowest BCUT2D eigenvalue weighted by atomic mass is 9.97. The lowest BCUT2D eigenvalue weighted by Gasteiger charge is -2.33. The molecule has 6 heteroatoms. The molecule has 1 aliphatic rings. The number of benzene rings is 1. The van der Waals surface area contributed by atoms with Crippen LogP contribution in [0.25, 0.3) is 0 Å². The predicted octanol–water partition coefficient (Wildman–Crippen LogP) is 1.74. The van der Waals surface area contributed by atoms with E-state index in [1.807, 2.05) is 4.90 Å². The molecule has 1 unspecified atom stereocenters. The molecule has 0 aliphatic carbocycles. The number of hydrogen-bond donors (Lipinski definition) is 2. The lowest BCUT2D eigenvalue weighted by molar-refractivity contribution is -0.122. The SMILES string of the molecule is NC(=O)C1CCCN(c2ccc(C(=O)O)cc2Cl)C1. The van der Waals surface area contributed by atoms with Crippen LogP contribution in [0.5, 0.6) is 0 Å². The number of amides is 1. The minimum Gasteiger partial charge on any atom is -0.478 e. The highest BCUT2D eigenvalue weighted by molar-refractivity contribution is 6.33. The van der Waals surface area contributed by atoms with Gasteiger partial charge in [0.15, 0.2) is 0 Å². The van der Waals surface area contributed by atoms with Gasteiger partial charge in [-0.25, -0.2) is 4.79 Å². The van der Waals surface area contributed by atoms with Crippen LogP contribution in [-0.2, 0) is 4.79 Å². The highest BCUT2D eigenvalue weighted by atomic mass is 35.5. The van der Waals surface area contributed by atoms with Crippen molar-refractivity contribution in [3.05, 3.63) is 28.8 Å². The van der Waals surface area contributed by atoms with Gasteiger partial charge in [0.2, 0.25) is 5.91 Å². The first-order valence-electron chi connectivity index (χ1n) is 6.06. The number of primary amides is 1. The third kappa shape index (κ3) is 2.98. The highest BCUT2D eigenvalue weighted by Crippen LogP contribution is 2.30. The van der Waals surface area contributed by atoms with E-state index in [9.17, 15) is 9.59 Å². The van der Waals surface area contributed by atoms with Crippen molar-refractivity contribution >= 4 is 29.2 Å². The van der Waals surface area contributed by atoms with Gasteiger partial charge in [-0.2, -0.15) is 0 Å². The Morgan fingerprint density at radius 2 is 2.16 bits per heavy atom. The number of anilines is 1. The molecule has 1 heterocycles. The Hall–Kier alpha value is -1.75. The first kappa shape index (κ1) is 13.7. The molecule has 1 aromatic carbocycles. The van der Waals surface area contributed by atoms with E-state index in [1.165, 1.54) is 12.1 Å². The van der Waals surface area contributed by atoms with Crippen LogP contribution in [0.4, 0.5) is 5.69 Å². The number of carboxylic acid groups (broad SMARTS) is 1. The number of nitrogens with zero attached hydrogens (tertiary/aromatic N) is 1. The number of carbonyl (C=O) groups is 2. The first-order chi connectivity index (χ1) is 8.99. The molecule has 2 rings (SSSR count). The van der Waals surface area contributed by atoms with Gasteiger partial charge in [0, 0.05) is 13.1 Å². The van der Waals surface area contributed by atoms with Crippen molar-refractivity contribution in [1.82, 2.24) is 0 Å². The molecule has 0 bridgehead atoms. The number of piperidine rings is 1. The minimum atomic E-state index is -1.01. The smallest absolute Gasteiger partial charge is 0.335 e. The zero-order valence-electron chi connectivity index (χ0n) is 10.3. The third-order valence-corrected chi connectivity index (χ3v) is 3.66. The Kier molecular flexibility index (Phi) is 3.95. The largest absolute Gasteiger partial charge is 0.478 e. The first-order valence-corrected chi connectivity index (χ1v) is 6.44. The fourth-order valence-electron chi connectivity index (χ4n) is 2.32. The number of halogens is 1. The van der Waals surface area contributed by atoms with Gasteiger partial charge in [-0.05, 0) is 31.0 Å². The van der Waals surface area contributed by atoms with Crippen LogP contribution in [0.1, 0.15) is 23.2 Å². The molecule has 3 N–H and O–H groups in total. The number of carbonyl (C=O) groups excluding carboxylic acids is 1. The molecule has 1 aromatic rings. The second-order valence-corrected chi connectivity index (χ2v) is 5.07. The van der Waals surface area contributed by atoms with E-state index in [2.05, 4.69) is 0 Å². The van der Waals surface area contributed by atoms with Gasteiger partial charge in [0.25, 0.3) is 0 Å². The van der Waals surface area contributed by atoms with Crippen molar-refractivity contribution in [2.24, 2.45) is 11.7 Å². The van der Waals surface area contributed by atoms with E-state index >= 15 is 0 Å². The summed E-state index contributed by atoms with van der Waals surface area (Å²) in [5.41, 5.74) is 6.23. The van der Waals surface area contributed by atoms with E-state index < -0.39 is 5.97 Å². The molecule has 0 aromatic heterocycles. The maximum Gasteiger partial charge on any atom is 0.335 e. The topological polar surface area (TPSA) is 83.6 Å². The van der Waals surface area contributed by atoms with Crippen molar-refractivity contribution in [1.29, 1.82) is 0 Å². The molecular formula is C13H15ClN2O3. The molecule has 5 nitrogen and oxygen atoms in total. The number of hydrogen-bond acceptors (Lipinski definition) is 3. The summed E-state index contributed by atoms with van der Waals surface area (Å²) in [6.07, 6.45) is 1.65. The van der Waals surface area contributed by atoms with E-state index in [0.29, 0.717) is 11.6 Å². The van der Waals surface area contributed by atoms with Crippen LogP contribution in [0, 0.1) is 5.92 Å². The van der Waals surface area contributed by atoms with E-state index in [1.54, 1.807) is 6.07 Å². The number of carboxylic acids is 1. The molecule has 19 heavy (non-hydrogen) atoms. The van der Waals surface area contributed by atoms with Crippen molar-refractivity contribution < 1.29 is 14.7 Å². The summed E-state index contributed by atoms with van der Waals surface area (Å²) in [6, 6.07) is 4.61. The molecule has 1 atom stereocenters. The summed E-state index contributed by atoms with van der Waals surface area (Å²) in [7, 11) is 0. The van der Waals surface area contributed by atoms with Gasteiger partial charge in [-0.1, -0.05) is 11.6 Å². The van der Waals surface area contributed by atoms with Gasteiger partial charge in [-0.15, -0.1) is 0 Å². The highest BCUT2D eigenvalue weighted by Gasteiger charge is 2.25. The Balaban J connectivity index is 2.22. The van der Waals surface area contributed by atoms with Gasteiger partial charge < -0.3 is 15.7 Å². The second kappa shape index (κ2) is 5.48. The van der Waals surface area contributed by atoms with Gasteiger partial charge >= 0.3 is 5.97 Å². The summed E-state index contributed by atoms with van der Waals surface area (Å²) >= 11 is 6.11. The average Bonchev–Trinajstić information content (AvgIpc) is 2.38. The van der Waals surface area contributed by atoms with Crippen LogP contribution < -0.4 is 10.6 Å². The van der Waals surface area contributed by atoms with Crippen molar-refractivity contribution in [3.8, 4) is 0 Å². The summed E-state index contributed by atoms with van der Waals surface area (Å²) < 4.78 is 0. The summed E-state index contributed by atoms with van der Waals surface area (Å²) in [5.74, 6) is -1.49. The number of aromatic carboxylic acids is 1. The minimum absolute atomic E-state index is 0.150. The van der Waals surface area contributed by atoms with Crippen LogP contribution in [0.3, 0.4) is 0 Å². The molecule has 1 saturated heterocycles. The van der Waals surface area contributed by atoms with E-state index in [4.69, 9.17) is 22.4 Å². The van der Waals surface area contributed by atoms with Gasteiger partial charge in [0.05, 0.1) is 22.2 Å². The molecule has 102 valence electrons. The van der Waals surface area contributed by atoms with E-state index in [0.717, 1.165) is 25.1 Å². The Morgan fingerprint density at radius 1 is 1.42 bits per heavy atom. The zero-order valence-corrected chi connectivity index (χ0v) is 11.1. The second-order valence-electron chi connectivity index (χ2n) is 4.66. The molecule has 0 spiro atoms. The van der Waals surface area contributed by atoms with Crippen LogP contribution in [0.2, 0.25) is 5.02 Å². The molecule has 1 amide bonds. The molecule has 0 radical (unpaired) electrons. The molecule has 0 saturated carbocycles. The normalized spacial score (nSPS) is 19.2. The fourth-order valence-corrected chi connectivity index (χ4v) is 2.62. The summed E-state index contributed by atoms with van der Waals surface area (Å²) in [6.45, 7) is 1.32. The predicted molar refractivity (Wildman–Crippen MR) is 72.5 cm³/mol. The number of rotatable bonds is 3. The maximum atomic E-state index is 11.2. The fraction of sp³-hybridized carbons (Fsp3) is 0.385. The quantitative estimate of drug-likeness (QED) is 0.884. The monoisotopic (exact) mass is 282 g/mol. The number of nitrogens with two attached hydrogens (primary N) is 1. The molecule has 1 fully saturated rings. The summed E-state index contributed by atoms with van der Waals surface area (Å²) in [4.78, 5) is 24.1. The molecule has 1 aliphatic heterocycles. The average molecular weight is 283 g/mol. The zero-order chi connectivity index (χ0) is 14.0. The van der Waals surface area contributed by atoms with Crippen LogP contribution >= 0.6 is 11.6 Å². The Labute approximate surface area is 116 Å². The van der Waals surface area contributed by atoms with Crippen LogP contribution in [-0.4, -0.2) is 30.1 Å². The summed E-state index contributed by atoms with van der Waals surface area (Å²) in [5, 5.41) is 9.27. The van der Waals surface area contributed by atoms with Crippen molar-refractivity contribution in [2.45, 2.75) is 12.8 Å². The Bertz CT molecular complexity index is 519. The standard InChI is InChI=1S/C13H15ClN2O3/c14-10-6-8(13(18)19)3-4-11(10)16-5-1-2-9(7-16)12(15)17/h3-4,6,9H,1-2,5,7H2,(H2,15,17)(H,18,19). The van der Waals surface area contributed by atoms with E-state index in [-0.39, 0.29) is 17.4 Å². The van der Waals surface area contributed by atoms with Gasteiger partial charge in [-0.3, -0.25) is 4.79 Å². The Morgan fingerprint density at radius 3 is 2.74 bits per heavy atom. The van der Waals surface area contributed by atoms with Crippen molar-refractivity contribution in [2.75, 3.05) is 18.0 Å². The maximum absolute atomic E-state index is 11.2. The van der Waals surface area contributed by atoms with Crippen LogP contribution in [0.15, 0.2) is 18.2 Å². The van der Waals surface area contributed by atoms with Crippen molar-refractivity contribution in [3.63, 3.8) is 0 Å². The third-order valence-electron chi connectivity index (χ3n) is 3.36. The van der Waals surface area contributed by atoms with Gasteiger partial charge in [0.1, 0.15) is 0 Å². The lowest BCUT2D eigenvalue weighted by Crippen LogP contribution is -2.41.